The highest BCUT2D eigenvalue weighted by molar-refractivity contribution is 7.99. The number of ether oxygens (including phenoxy) is 1. The van der Waals surface area contributed by atoms with Crippen LogP contribution in [0.5, 0.6) is 0 Å². The monoisotopic (exact) mass is 322 g/mol. The molecule has 2 unspecified atom stereocenters. The Kier molecular flexibility index (Phi) is 6.15. The van der Waals surface area contributed by atoms with Crippen molar-refractivity contribution in [2.75, 3.05) is 57.4 Å². The summed E-state index contributed by atoms with van der Waals surface area (Å²) in [5.41, 5.74) is 1.37. The van der Waals surface area contributed by atoms with E-state index in [0.29, 0.717) is 6.04 Å². The summed E-state index contributed by atoms with van der Waals surface area (Å²) in [7, 11) is 0. The zero-order chi connectivity index (χ0) is 15.2. The van der Waals surface area contributed by atoms with Gasteiger partial charge in [0.2, 0.25) is 0 Å². The number of hydrogen-bond acceptors (Lipinski definition) is 5. The van der Waals surface area contributed by atoms with Crippen LogP contribution in [0.15, 0.2) is 30.3 Å². The third-order valence-electron chi connectivity index (χ3n) is 4.44. The zero-order valence-electron chi connectivity index (χ0n) is 13.1. The molecule has 2 aliphatic rings. The molecule has 0 spiro atoms. The maximum atomic E-state index is 10.5. The molecule has 2 fully saturated rings. The van der Waals surface area contributed by atoms with Crippen LogP contribution in [0.2, 0.25) is 0 Å². The van der Waals surface area contributed by atoms with Gasteiger partial charge < -0.3 is 9.84 Å². The van der Waals surface area contributed by atoms with Crippen molar-refractivity contribution >= 4 is 11.8 Å². The summed E-state index contributed by atoms with van der Waals surface area (Å²) in [5, 5.41) is 10.5. The van der Waals surface area contributed by atoms with Crippen molar-refractivity contribution in [3.05, 3.63) is 35.9 Å². The predicted molar refractivity (Wildman–Crippen MR) is 91.3 cm³/mol. The summed E-state index contributed by atoms with van der Waals surface area (Å²) in [6.45, 7) is 6.04. The first-order valence-electron chi connectivity index (χ1n) is 8.18. The molecule has 22 heavy (non-hydrogen) atoms. The van der Waals surface area contributed by atoms with E-state index in [-0.39, 0.29) is 6.10 Å². The zero-order valence-corrected chi connectivity index (χ0v) is 13.9. The average molecular weight is 322 g/mol. The van der Waals surface area contributed by atoms with Gasteiger partial charge >= 0.3 is 0 Å². The minimum Gasteiger partial charge on any atom is -0.390 e. The normalized spacial score (nSPS) is 26.0. The highest BCUT2D eigenvalue weighted by atomic mass is 32.2. The van der Waals surface area contributed by atoms with Crippen LogP contribution in [0, 0.1) is 0 Å². The van der Waals surface area contributed by atoms with Crippen molar-refractivity contribution in [2.45, 2.75) is 12.1 Å². The van der Waals surface area contributed by atoms with Gasteiger partial charge in [0.05, 0.1) is 19.3 Å². The molecule has 2 aliphatic heterocycles. The van der Waals surface area contributed by atoms with Crippen LogP contribution >= 0.6 is 11.8 Å². The smallest absolute Gasteiger partial charge is 0.0794 e. The van der Waals surface area contributed by atoms with Crippen LogP contribution in [0.4, 0.5) is 0 Å². The third kappa shape index (κ3) is 4.46. The SMILES string of the molecule is OC(CN1CCOCC1)CN1CCSCC1c1ccccc1. The van der Waals surface area contributed by atoms with Crippen LogP contribution in [0.25, 0.3) is 0 Å². The molecule has 1 N–H and O–H groups in total. The summed E-state index contributed by atoms with van der Waals surface area (Å²) in [4.78, 5) is 4.77. The topological polar surface area (TPSA) is 35.9 Å². The molecule has 0 aliphatic carbocycles. The predicted octanol–water partition coefficient (Wildman–Crippen LogP) is 1.47. The number of morpholine rings is 1. The molecular weight excluding hydrogens is 296 g/mol. The fraction of sp³-hybridized carbons (Fsp3) is 0.647. The molecule has 0 amide bonds. The fourth-order valence-corrected chi connectivity index (χ4v) is 4.41. The quantitative estimate of drug-likeness (QED) is 0.888. The molecule has 2 heterocycles. The largest absolute Gasteiger partial charge is 0.390 e. The van der Waals surface area contributed by atoms with Gasteiger partial charge in [-0.25, -0.2) is 0 Å². The van der Waals surface area contributed by atoms with E-state index in [1.807, 2.05) is 11.8 Å². The number of thioether (sulfide) groups is 1. The van der Waals surface area contributed by atoms with E-state index < -0.39 is 0 Å². The molecule has 4 nitrogen and oxygen atoms in total. The van der Waals surface area contributed by atoms with Gasteiger partial charge in [0.25, 0.3) is 0 Å². The van der Waals surface area contributed by atoms with Gasteiger partial charge in [0, 0.05) is 50.3 Å². The van der Waals surface area contributed by atoms with Gasteiger partial charge in [-0.05, 0) is 5.56 Å². The lowest BCUT2D eigenvalue weighted by Gasteiger charge is -2.38. The highest BCUT2D eigenvalue weighted by Gasteiger charge is 2.26. The maximum Gasteiger partial charge on any atom is 0.0794 e. The second-order valence-corrected chi connectivity index (χ2v) is 7.21. The van der Waals surface area contributed by atoms with Crippen molar-refractivity contribution < 1.29 is 9.84 Å². The molecule has 1 aromatic carbocycles. The van der Waals surface area contributed by atoms with Crippen molar-refractivity contribution in [2.24, 2.45) is 0 Å². The van der Waals surface area contributed by atoms with Crippen molar-refractivity contribution in [3.8, 4) is 0 Å². The second kappa shape index (κ2) is 8.31. The van der Waals surface area contributed by atoms with E-state index in [4.69, 9.17) is 4.74 Å². The Morgan fingerprint density at radius 2 is 1.91 bits per heavy atom. The molecule has 0 aromatic heterocycles. The summed E-state index contributed by atoms with van der Waals surface area (Å²) in [6, 6.07) is 11.1. The van der Waals surface area contributed by atoms with E-state index in [1.165, 1.54) is 5.56 Å². The van der Waals surface area contributed by atoms with Gasteiger partial charge in [-0.15, -0.1) is 0 Å². The van der Waals surface area contributed by atoms with Crippen LogP contribution in [0.3, 0.4) is 0 Å². The molecule has 5 heteroatoms. The fourth-order valence-electron chi connectivity index (χ4n) is 3.25. The van der Waals surface area contributed by atoms with Crippen molar-refractivity contribution in [1.29, 1.82) is 0 Å². The van der Waals surface area contributed by atoms with Gasteiger partial charge in [-0.1, -0.05) is 30.3 Å². The summed E-state index contributed by atoms with van der Waals surface area (Å²) >= 11 is 2.01. The third-order valence-corrected chi connectivity index (χ3v) is 5.46. The molecule has 1 aromatic rings. The lowest BCUT2D eigenvalue weighted by atomic mass is 10.1. The molecule has 122 valence electrons. The van der Waals surface area contributed by atoms with E-state index >= 15 is 0 Å². The maximum absolute atomic E-state index is 10.5. The van der Waals surface area contributed by atoms with Crippen LogP contribution in [-0.4, -0.2) is 78.5 Å². The Balaban J connectivity index is 1.56. The Morgan fingerprint density at radius 3 is 2.68 bits per heavy atom. The Bertz CT molecular complexity index is 440. The average Bonchev–Trinajstić information content (AvgIpc) is 2.57. The number of nitrogens with zero attached hydrogens (tertiary/aromatic N) is 2. The van der Waals surface area contributed by atoms with E-state index in [2.05, 4.69) is 40.1 Å². The molecule has 2 saturated heterocycles. The molecule has 0 bridgehead atoms. The van der Waals surface area contributed by atoms with Crippen LogP contribution in [-0.2, 0) is 4.74 Å². The minimum absolute atomic E-state index is 0.285. The van der Waals surface area contributed by atoms with Gasteiger partial charge in [0.15, 0.2) is 0 Å². The summed E-state index contributed by atoms with van der Waals surface area (Å²) < 4.78 is 5.37. The summed E-state index contributed by atoms with van der Waals surface area (Å²) in [6.07, 6.45) is -0.285. The number of β-amino-alcohol motifs (C(OH)–C–C–N with tert-alkyl or cyclic N) is 1. The minimum atomic E-state index is -0.285. The lowest BCUT2D eigenvalue weighted by molar-refractivity contribution is 0.00411. The standard InChI is InChI=1S/C17H26N2O2S/c20-16(12-18-6-9-21-10-7-18)13-19-8-11-22-14-17(19)15-4-2-1-3-5-15/h1-5,16-17,20H,6-14H2. The summed E-state index contributed by atoms with van der Waals surface area (Å²) in [5.74, 6) is 2.28. The van der Waals surface area contributed by atoms with E-state index in [0.717, 1.165) is 57.4 Å². The first-order valence-corrected chi connectivity index (χ1v) is 9.33. The van der Waals surface area contributed by atoms with Crippen LogP contribution < -0.4 is 0 Å². The number of benzene rings is 1. The first kappa shape index (κ1) is 16.3. The first-order chi connectivity index (χ1) is 10.8. The number of rotatable bonds is 5. The highest BCUT2D eigenvalue weighted by Crippen LogP contribution is 2.29. The second-order valence-electron chi connectivity index (χ2n) is 6.06. The number of aliphatic hydroxyl groups is 1. The van der Waals surface area contributed by atoms with Crippen LogP contribution in [0.1, 0.15) is 11.6 Å². The molecule has 0 saturated carbocycles. The Labute approximate surface area is 137 Å². The Hall–Kier alpha value is -0.590. The Morgan fingerprint density at radius 1 is 1.14 bits per heavy atom. The van der Waals surface area contributed by atoms with Crippen molar-refractivity contribution in [1.82, 2.24) is 9.80 Å². The lowest BCUT2D eigenvalue weighted by Crippen LogP contribution is -2.47. The number of aliphatic hydroxyl groups excluding tert-OH is 1. The molecule has 0 radical (unpaired) electrons. The van der Waals surface area contributed by atoms with E-state index in [9.17, 15) is 5.11 Å². The number of hydrogen-bond donors (Lipinski definition) is 1. The van der Waals surface area contributed by atoms with Gasteiger partial charge in [-0.2, -0.15) is 11.8 Å². The van der Waals surface area contributed by atoms with Crippen molar-refractivity contribution in [3.63, 3.8) is 0 Å². The molecular formula is C17H26N2O2S. The molecule has 2 atom stereocenters. The molecule has 3 rings (SSSR count). The van der Waals surface area contributed by atoms with Gasteiger partial charge in [0.1, 0.15) is 0 Å². The van der Waals surface area contributed by atoms with E-state index in [1.54, 1.807) is 0 Å². The van der Waals surface area contributed by atoms with Gasteiger partial charge in [-0.3, -0.25) is 9.80 Å².